The Morgan fingerprint density at radius 2 is 2.12 bits per heavy atom. The van der Waals surface area contributed by atoms with Gasteiger partial charge in [-0.25, -0.2) is 0 Å². The minimum atomic E-state index is 0.406. The second-order valence-corrected chi connectivity index (χ2v) is 4.66. The van der Waals surface area contributed by atoms with Crippen LogP contribution in [0.3, 0.4) is 0 Å². The normalized spacial score (nSPS) is 10.3. The Hall–Kier alpha value is -1.10. The summed E-state index contributed by atoms with van der Waals surface area (Å²) in [6.45, 7) is 0.406. The summed E-state index contributed by atoms with van der Waals surface area (Å²) in [5, 5.41) is 0.648. The van der Waals surface area contributed by atoms with Crippen LogP contribution in [0.1, 0.15) is 5.56 Å². The van der Waals surface area contributed by atoms with E-state index in [0.29, 0.717) is 23.1 Å². The summed E-state index contributed by atoms with van der Waals surface area (Å²) in [5.74, 6) is 1.33. The van der Waals surface area contributed by atoms with Crippen molar-refractivity contribution < 1.29 is 4.74 Å². The number of rotatable bonds is 3. The van der Waals surface area contributed by atoms with Gasteiger partial charge in [-0.05, 0) is 40.2 Å². The summed E-state index contributed by atoms with van der Waals surface area (Å²) in [4.78, 5) is 4.01. The molecule has 1 heterocycles. The minimum absolute atomic E-state index is 0.406. The van der Waals surface area contributed by atoms with Crippen LogP contribution in [0, 0.1) is 0 Å². The fourth-order valence-corrected chi connectivity index (χ4v) is 2.11. The lowest BCUT2D eigenvalue weighted by Gasteiger charge is -2.10. The molecule has 1 aromatic carbocycles. The van der Waals surface area contributed by atoms with Crippen molar-refractivity contribution in [2.24, 2.45) is 5.73 Å². The maximum atomic E-state index is 5.86. The first-order valence-corrected chi connectivity index (χ1v) is 6.13. The number of hydrogen-bond acceptors (Lipinski definition) is 3. The Balaban J connectivity index is 2.31. The lowest BCUT2D eigenvalue weighted by molar-refractivity contribution is 0.471. The summed E-state index contributed by atoms with van der Waals surface area (Å²) < 4.78 is 6.53. The molecule has 0 radical (unpaired) electrons. The van der Waals surface area contributed by atoms with Crippen LogP contribution < -0.4 is 10.5 Å². The van der Waals surface area contributed by atoms with Crippen molar-refractivity contribution in [1.29, 1.82) is 0 Å². The number of pyridine rings is 1. The van der Waals surface area contributed by atoms with Crippen molar-refractivity contribution in [2.45, 2.75) is 6.54 Å². The van der Waals surface area contributed by atoms with Crippen LogP contribution in [-0.4, -0.2) is 4.98 Å². The second-order valence-electron chi connectivity index (χ2n) is 3.36. The highest BCUT2D eigenvalue weighted by Gasteiger charge is 2.06. The number of benzene rings is 1. The fraction of sp³-hybridized carbons (Fsp3) is 0.0833. The van der Waals surface area contributed by atoms with Gasteiger partial charge in [0, 0.05) is 23.3 Å². The van der Waals surface area contributed by atoms with E-state index in [9.17, 15) is 0 Å². The van der Waals surface area contributed by atoms with Gasteiger partial charge in [0.1, 0.15) is 11.5 Å². The largest absolute Gasteiger partial charge is 0.454 e. The molecule has 1 aromatic heterocycles. The third-order valence-corrected chi connectivity index (χ3v) is 3.06. The van der Waals surface area contributed by atoms with Crippen molar-refractivity contribution in [3.05, 3.63) is 51.7 Å². The average Bonchev–Trinajstić information content (AvgIpc) is 2.33. The van der Waals surface area contributed by atoms with Crippen molar-refractivity contribution in [1.82, 2.24) is 4.98 Å². The first-order chi connectivity index (χ1) is 8.20. The van der Waals surface area contributed by atoms with E-state index in [4.69, 9.17) is 22.1 Å². The van der Waals surface area contributed by atoms with Crippen LogP contribution >= 0.6 is 27.5 Å². The van der Waals surface area contributed by atoms with Crippen LogP contribution in [-0.2, 0) is 6.54 Å². The molecule has 0 aliphatic heterocycles. The number of ether oxygens (including phenoxy) is 1. The van der Waals surface area contributed by atoms with Crippen molar-refractivity contribution in [3.63, 3.8) is 0 Å². The zero-order chi connectivity index (χ0) is 12.3. The first-order valence-electron chi connectivity index (χ1n) is 4.96. The van der Waals surface area contributed by atoms with Gasteiger partial charge in [0.25, 0.3) is 0 Å². The predicted octanol–water partition coefficient (Wildman–Crippen LogP) is 3.75. The van der Waals surface area contributed by atoms with Crippen LogP contribution in [0.25, 0.3) is 0 Å². The lowest BCUT2D eigenvalue weighted by Crippen LogP contribution is -1.99. The van der Waals surface area contributed by atoms with E-state index in [1.54, 1.807) is 30.6 Å². The molecule has 2 aromatic rings. The molecule has 2 rings (SSSR count). The third kappa shape index (κ3) is 2.97. The van der Waals surface area contributed by atoms with E-state index >= 15 is 0 Å². The first kappa shape index (κ1) is 12.4. The maximum Gasteiger partial charge on any atom is 0.150 e. The molecule has 0 amide bonds. The number of nitrogens with two attached hydrogens (primary N) is 1. The molecule has 0 aliphatic rings. The molecule has 0 spiro atoms. The van der Waals surface area contributed by atoms with Gasteiger partial charge in [-0.15, -0.1) is 0 Å². The van der Waals surface area contributed by atoms with E-state index in [0.717, 1.165) is 10.0 Å². The van der Waals surface area contributed by atoms with Crippen molar-refractivity contribution >= 4 is 27.5 Å². The van der Waals surface area contributed by atoms with Gasteiger partial charge in [0.05, 0.1) is 10.7 Å². The van der Waals surface area contributed by atoms with Gasteiger partial charge < -0.3 is 10.5 Å². The topological polar surface area (TPSA) is 48.1 Å². The number of aromatic nitrogens is 1. The van der Waals surface area contributed by atoms with E-state index in [1.165, 1.54) is 0 Å². The molecular formula is C12H10BrClN2O. The monoisotopic (exact) mass is 312 g/mol. The number of halogens is 2. The molecule has 0 saturated heterocycles. The smallest absolute Gasteiger partial charge is 0.150 e. The highest BCUT2D eigenvalue weighted by atomic mass is 79.9. The number of nitrogens with zero attached hydrogens (tertiary/aromatic N) is 1. The van der Waals surface area contributed by atoms with E-state index < -0.39 is 0 Å². The standard InChI is InChI=1S/C12H10BrClN2O/c13-10-5-9(14)1-2-11(10)17-12-7-16-4-3-8(12)6-15/h1-5,7H,6,15H2. The van der Waals surface area contributed by atoms with Gasteiger partial charge in [-0.2, -0.15) is 0 Å². The van der Waals surface area contributed by atoms with Gasteiger partial charge in [0.2, 0.25) is 0 Å². The molecule has 0 atom stereocenters. The Morgan fingerprint density at radius 3 is 2.82 bits per heavy atom. The van der Waals surface area contributed by atoms with Crippen LogP contribution in [0.5, 0.6) is 11.5 Å². The zero-order valence-corrected chi connectivity index (χ0v) is 11.2. The van der Waals surface area contributed by atoms with Crippen molar-refractivity contribution in [2.75, 3.05) is 0 Å². The van der Waals surface area contributed by atoms with E-state index in [1.807, 2.05) is 6.07 Å². The molecule has 3 nitrogen and oxygen atoms in total. The average molecular weight is 314 g/mol. The summed E-state index contributed by atoms with van der Waals surface area (Å²) >= 11 is 9.25. The number of hydrogen-bond donors (Lipinski definition) is 1. The second kappa shape index (κ2) is 5.49. The quantitative estimate of drug-likeness (QED) is 0.939. The molecule has 2 N–H and O–H groups in total. The van der Waals surface area contributed by atoms with E-state index in [-0.39, 0.29) is 0 Å². The van der Waals surface area contributed by atoms with Gasteiger partial charge in [-0.3, -0.25) is 4.98 Å². The zero-order valence-electron chi connectivity index (χ0n) is 8.86. The highest BCUT2D eigenvalue weighted by Crippen LogP contribution is 2.32. The Kier molecular flexibility index (Phi) is 3.99. The van der Waals surface area contributed by atoms with Crippen LogP contribution in [0.15, 0.2) is 41.1 Å². The highest BCUT2D eigenvalue weighted by molar-refractivity contribution is 9.10. The molecule has 0 saturated carbocycles. The molecule has 5 heteroatoms. The molecule has 0 unspecified atom stereocenters. The molecule has 88 valence electrons. The Labute approximate surface area is 113 Å². The summed E-state index contributed by atoms with van der Waals surface area (Å²) in [6, 6.07) is 7.16. The molecule has 17 heavy (non-hydrogen) atoms. The summed E-state index contributed by atoms with van der Waals surface area (Å²) in [6.07, 6.45) is 3.33. The SMILES string of the molecule is NCc1ccncc1Oc1ccc(Cl)cc1Br. The molecule has 0 bridgehead atoms. The summed E-state index contributed by atoms with van der Waals surface area (Å²) in [7, 11) is 0. The Bertz CT molecular complexity index is 534. The maximum absolute atomic E-state index is 5.86. The summed E-state index contributed by atoms with van der Waals surface area (Å²) in [5.41, 5.74) is 6.53. The lowest BCUT2D eigenvalue weighted by atomic mass is 10.2. The Morgan fingerprint density at radius 1 is 1.29 bits per heavy atom. The molecule has 0 aliphatic carbocycles. The molecular weight excluding hydrogens is 304 g/mol. The molecule has 0 fully saturated rings. The van der Waals surface area contributed by atoms with Gasteiger partial charge >= 0.3 is 0 Å². The van der Waals surface area contributed by atoms with Gasteiger partial charge in [0.15, 0.2) is 0 Å². The predicted molar refractivity (Wildman–Crippen MR) is 71.4 cm³/mol. The fourth-order valence-electron chi connectivity index (χ4n) is 1.35. The van der Waals surface area contributed by atoms with E-state index in [2.05, 4.69) is 20.9 Å². The minimum Gasteiger partial charge on any atom is -0.454 e. The van der Waals surface area contributed by atoms with Crippen molar-refractivity contribution in [3.8, 4) is 11.5 Å². The third-order valence-electron chi connectivity index (χ3n) is 2.20. The van der Waals surface area contributed by atoms with Crippen LogP contribution in [0.2, 0.25) is 5.02 Å². The van der Waals surface area contributed by atoms with Gasteiger partial charge in [-0.1, -0.05) is 11.6 Å². The van der Waals surface area contributed by atoms with Crippen LogP contribution in [0.4, 0.5) is 0 Å².